The Morgan fingerprint density at radius 2 is 2.00 bits per heavy atom. The Balaban J connectivity index is 1.86. The summed E-state index contributed by atoms with van der Waals surface area (Å²) in [5.41, 5.74) is 1.35. The number of amides is 3. The van der Waals surface area contributed by atoms with Crippen LogP contribution in [-0.4, -0.2) is 78.3 Å². The molecule has 8 nitrogen and oxygen atoms in total. The molecule has 1 aromatic rings. The molecule has 0 spiro atoms. The Bertz CT molecular complexity index is 827. The van der Waals surface area contributed by atoms with E-state index < -0.39 is 0 Å². The predicted molar refractivity (Wildman–Crippen MR) is 129 cm³/mol. The molecular formula is C25H40N4O4. The summed E-state index contributed by atoms with van der Waals surface area (Å²) in [5, 5.41) is 15.4. The maximum Gasteiger partial charge on any atom is 0.319 e. The Labute approximate surface area is 197 Å². The molecular weight excluding hydrogens is 420 g/mol. The summed E-state index contributed by atoms with van der Waals surface area (Å²) in [7, 11) is 2.13. The lowest BCUT2D eigenvalue weighted by Gasteiger charge is -2.34. The second kappa shape index (κ2) is 11.2. The van der Waals surface area contributed by atoms with Crippen molar-refractivity contribution in [3.8, 4) is 5.75 Å². The summed E-state index contributed by atoms with van der Waals surface area (Å²) in [4.78, 5) is 29.5. The molecule has 1 heterocycles. The van der Waals surface area contributed by atoms with E-state index in [0.29, 0.717) is 18.0 Å². The van der Waals surface area contributed by atoms with Crippen LogP contribution in [0.1, 0.15) is 46.1 Å². The number of aliphatic hydroxyl groups excluding tert-OH is 1. The normalized spacial score (nSPS) is 22.2. The summed E-state index contributed by atoms with van der Waals surface area (Å²) in [6.07, 6.45) is 2.64. The number of carbonyl (C=O) groups is 2. The van der Waals surface area contributed by atoms with Crippen molar-refractivity contribution < 1.29 is 19.4 Å². The number of likely N-dealkylation sites (N-methyl/N-ethyl adjacent to an activating group) is 1. The topological polar surface area (TPSA) is 94.1 Å². The Hall–Kier alpha value is -2.32. The van der Waals surface area contributed by atoms with Crippen molar-refractivity contribution >= 4 is 17.6 Å². The molecule has 1 aromatic carbocycles. The lowest BCUT2D eigenvalue weighted by molar-refractivity contribution is -0.134. The molecule has 3 atom stereocenters. The van der Waals surface area contributed by atoms with Crippen molar-refractivity contribution in [2.75, 3.05) is 38.6 Å². The van der Waals surface area contributed by atoms with Gasteiger partial charge in [0.2, 0.25) is 5.91 Å². The van der Waals surface area contributed by atoms with Gasteiger partial charge in [-0.3, -0.25) is 4.79 Å². The molecule has 1 aliphatic heterocycles. The van der Waals surface area contributed by atoms with Crippen LogP contribution in [-0.2, 0) is 11.2 Å². The summed E-state index contributed by atoms with van der Waals surface area (Å²) in [6.45, 7) is 10.0. The van der Waals surface area contributed by atoms with Crippen molar-refractivity contribution in [1.82, 2.24) is 15.1 Å². The zero-order chi connectivity index (χ0) is 24.1. The number of urea groups is 1. The van der Waals surface area contributed by atoms with Crippen LogP contribution in [0.3, 0.4) is 0 Å². The van der Waals surface area contributed by atoms with Gasteiger partial charge in [-0.25, -0.2) is 4.79 Å². The highest BCUT2D eigenvalue weighted by molar-refractivity contribution is 5.90. The third-order valence-electron chi connectivity index (χ3n) is 6.35. The number of nitrogens with one attached hydrogen (secondary N) is 2. The molecule has 2 aliphatic rings. The maximum absolute atomic E-state index is 13.2. The fourth-order valence-electron chi connectivity index (χ4n) is 4.28. The zero-order valence-corrected chi connectivity index (χ0v) is 20.6. The van der Waals surface area contributed by atoms with Crippen molar-refractivity contribution in [2.24, 2.45) is 11.8 Å². The maximum atomic E-state index is 13.2. The predicted octanol–water partition coefficient (Wildman–Crippen LogP) is 2.71. The van der Waals surface area contributed by atoms with Gasteiger partial charge in [0.1, 0.15) is 11.9 Å². The third kappa shape index (κ3) is 7.33. The van der Waals surface area contributed by atoms with Gasteiger partial charge in [-0.15, -0.1) is 0 Å². The van der Waals surface area contributed by atoms with E-state index in [4.69, 9.17) is 4.74 Å². The molecule has 1 saturated carbocycles. The first-order valence-corrected chi connectivity index (χ1v) is 12.1. The molecule has 0 bridgehead atoms. The van der Waals surface area contributed by atoms with Crippen molar-refractivity contribution in [3.63, 3.8) is 0 Å². The van der Waals surface area contributed by atoms with Gasteiger partial charge < -0.3 is 30.3 Å². The van der Waals surface area contributed by atoms with Crippen molar-refractivity contribution in [1.29, 1.82) is 0 Å². The van der Waals surface area contributed by atoms with Gasteiger partial charge in [0.15, 0.2) is 0 Å². The van der Waals surface area contributed by atoms with E-state index in [1.807, 2.05) is 39.0 Å². The van der Waals surface area contributed by atoms with Crippen LogP contribution in [0, 0.1) is 11.8 Å². The fourth-order valence-corrected chi connectivity index (χ4v) is 4.28. The first-order chi connectivity index (χ1) is 15.7. The summed E-state index contributed by atoms with van der Waals surface area (Å²) in [5.74, 6) is 1.49. The zero-order valence-electron chi connectivity index (χ0n) is 20.6. The number of benzene rings is 1. The average molecular weight is 461 g/mol. The van der Waals surface area contributed by atoms with Crippen LogP contribution in [0.5, 0.6) is 5.75 Å². The Kier molecular flexibility index (Phi) is 8.59. The van der Waals surface area contributed by atoms with E-state index >= 15 is 0 Å². The first kappa shape index (κ1) is 25.3. The molecule has 0 aromatic heterocycles. The van der Waals surface area contributed by atoms with E-state index in [9.17, 15) is 14.7 Å². The number of rotatable bonds is 8. The molecule has 8 heteroatoms. The Morgan fingerprint density at radius 1 is 1.27 bits per heavy atom. The molecule has 1 fully saturated rings. The highest BCUT2D eigenvalue weighted by Gasteiger charge is 2.32. The molecule has 0 radical (unpaired) electrons. The standard InChI is InChI=1S/C25H40N4O4/c1-16(2)26-25(32)27-21-8-9-22-20(10-21)11-24(31)29(18(4)15-30)12-17(3)23(33-22)14-28(5)13-19-6-7-19/h8-10,16-19,23,30H,6-7,11-15H2,1-5H3,(H2,26,27,32)/t17-,18+,23-/m1/s1. The van der Waals surface area contributed by atoms with Gasteiger partial charge in [-0.1, -0.05) is 6.92 Å². The minimum absolute atomic E-state index is 0.0196. The van der Waals surface area contributed by atoms with Crippen LogP contribution in [0.4, 0.5) is 10.5 Å². The second-order valence-corrected chi connectivity index (χ2v) is 10.1. The molecule has 1 aliphatic carbocycles. The van der Waals surface area contributed by atoms with Gasteiger partial charge in [-0.05, 0) is 64.8 Å². The molecule has 0 saturated heterocycles. The van der Waals surface area contributed by atoms with E-state index in [-0.39, 0.29) is 49.1 Å². The number of carbonyl (C=O) groups excluding carboxylic acids is 2. The highest BCUT2D eigenvalue weighted by Crippen LogP contribution is 2.31. The largest absolute Gasteiger partial charge is 0.488 e. The molecule has 184 valence electrons. The van der Waals surface area contributed by atoms with Crippen LogP contribution < -0.4 is 15.4 Å². The van der Waals surface area contributed by atoms with E-state index in [0.717, 1.165) is 24.6 Å². The quantitative estimate of drug-likeness (QED) is 0.555. The lowest BCUT2D eigenvalue weighted by Crippen LogP contribution is -2.47. The Morgan fingerprint density at radius 3 is 2.64 bits per heavy atom. The average Bonchev–Trinajstić information content (AvgIpc) is 3.54. The van der Waals surface area contributed by atoms with Gasteiger partial charge in [0.05, 0.1) is 19.1 Å². The minimum atomic E-state index is -0.288. The summed E-state index contributed by atoms with van der Waals surface area (Å²) < 4.78 is 6.53. The van der Waals surface area contributed by atoms with E-state index in [2.05, 4.69) is 29.5 Å². The molecule has 0 unspecified atom stereocenters. The number of fused-ring (bicyclic) bond motifs is 1. The lowest BCUT2D eigenvalue weighted by atomic mass is 10.0. The number of hydrogen-bond donors (Lipinski definition) is 3. The van der Waals surface area contributed by atoms with Gasteiger partial charge in [0.25, 0.3) is 0 Å². The van der Waals surface area contributed by atoms with Gasteiger partial charge >= 0.3 is 6.03 Å². The number of hydrogen-bond acceptors (Lipinski definition) is 5. The van der Waals surface area contributed by atoms with Gasteiger partial charge in [-0.2, -0.15) is 0 Å². The monoisotopic (exact) mass is 460 g/mol. The molecule has 3 amide bonds. The van der Waals surface area contributed by atoms with Crippen LogP contribution in [0.2, 0.25) is 0 Å². The summed E-state index contributed by atoms with van der Waals surface area (Å²) in [6, 6.07) is 4.93. The SMILES string of the molecule is CC(C)NC(=O)Nc1ccc2c(c1)CC(=O)N([C@@H](C)CO)C[C@@H](C)[C@@H](CN(C)CC1CC1)O2. The van der Waals surface area contributed by atoms with Crippen LogP contribution in [0.25, 0.3) is 0 Å². The second-order valence-electron chi connectivity index (χ2n) is 10.1. The van der Waals surface area contributed by atoms with E-state index in [1.54, 1.807) is 4.90 Å². The number of nitrogens with zero attached hydrogens (tertiary/aromatic N) is 2. The number of anilines is 1. The van der Waals surface area contributed by atoms with Crippen LogP contribution in [0.15, 0.2) is 18.2 Å². The van der Waals surface area contributed by atoms with Crippen molar-refractivity contribution in [2.45, 2.75) is 65.1 Å². The highest BCUT2D eigenvalue weighted by atomic mass is 16.5. The molecule has 3 N–H and O–H groups in total. The number of ether oxygens (including phenoxy) is 1. The molecule has 33 heavy (non-hydrogen) atoms. The van der Waals surface area contributed by atoms with Crippen molar-refractivity contribution in [3.05, 3.63) is 23.8 Å². The smallest absolute Gasteiger partial charge is 0.319 e. The number of aliphatic hydroxyl groups is 1. The van der Waals surface area contributed by atoms with Crippen LogP contribution >= 0.6 is 0 Å². The van der Waals surface area contributed by atoms with Gasteiger partial charge in [0, 0.05) is 42.8 Å². The molecule has 3 rings (SSSR count). The third-order valence-corrected chi connectivity index (χ3v) is 6.35. The first-order valence-electron chi connectivity index (χ1n) is 12.1. The summed E-state index contributed by atoms with van der Waals surface area (Å²) >= 11 is 0. The fraction of sp³-hybridized carbons (Fsp3) is 0.680. The van der Waals surface area contributed by atoms with E-state index in [1.165, 1.54) is 12.8 Å². The minimum Gasteiger partial charge on any atom is -0.488 e.